The Kier molecular flexibility index (Phi) is 3.16. The molecule has 0 aliphatic rings. The van der Waals surface area contributed by atoms with E-state index in [0.717, 1.165) is 17.6 Å². The van der Waals surface area contributed by atoms with Crippen molar-refractivity contribution in [3.63, 3.8) is 0 Å². The van der Waals surface area contributed by atoms with Gasteiger partial charge in [0.25, 0.3) is 0 Å². The monoisotopic (exact) mass is 172 g/mol. The average molecular weight is 172 g/mol. The minimum absolute atomic E-state index is 0.272. The molecule has 0 radical (unpaired) electrons. The van der Waals surface area contributed by atoms with Crippen molar-refractivity contribution in [2.45, 2.75) is 13.3 Å². The van der Waals surface area contributed by atoms with Crippen LogP contribution in [0.1, 0.15) is 18.9 Å². The number of phenolic OH excluding ortho intramolecular Hbond substituents is 1. The minimum Gasteiger partial charge on any atom is -0.508 e. The van der Waals surface area contributed by atoms with Crippen molar-refractivity contribution in [1.82, 2.24) is 0 Å². The summed E-state index contributed by atoms with van der Waals surface area (Å²) in [6.07, 6.45) is 7.79. The molecule has 0 aliphatic heterocycles. The number of rotatable bonds is 2. The molecule has 0 atom stereocenters. The first-order valence-electron chi connectivity index (χ1n) is 4.22. The van der Waals surface area contributed by atoms with Gasteiger partial charge in [0.2, 0.25) is 0 Å². The summed E-state index contributed by atoms with van der Waals surface area (Å²) in [4.78, 5) is 0. The molecule has 0 saturated heterocycles. The maximum atomic E-state index is 9.25. The van der Waals surface area contributed by atoms with Crippen molar-refractivity contribution in [1.29, 1.82) is 0 Å². The predicted molar refractivity (Wildman–Crippen MR) is 55.2 cm³/mol. The number of hydrogen-bond acceptors (Lipinski definition) is 1. The molecule has 0 aliphatic carbocycles. The zero-order chi connectivity index (χ0) is 9.68. The van der Waals surface area contributed by atoms with E-state index in [9.17, 15) is 5.11 Å². The molecule has 1 aromatic carbocycles. The molecule has 1 rings (SSSR count). The van der Waals surface area contributed by atoms with Gasteiger partial charge in [-0.2, -0.15) is 0 Å². The third-order valence-electron chi connectivity index (χ3n) is 1.86. The van der Waals surface area contributed by atoms with Crippen LogP contribution in [0.15, 0.2) is 30.3 Å². The molecule has 0 amide bonds. The SMILES string of the molecule is C#C/C=C(\CC)c1cccc(O)c1. The molecule has 0 unspecified atom stereocenters. The fourth-order valence-electron chi connectivity index (χ4n) is 1.20. The van der Waals surface area contributed by atoms with Crippen molar-refractivity contribution in [3.8, 4) is 18.1 Å². The Morgan fingerprint density at radius 1 is 1.62 bits per heavy atom. The molecule has 0 bridgehead atoms. The summed E-state index contributed by atoms with van der Waals surface area (Å²) in [6, 6.07) is 7.11. The van der Waals surface area contributed by atoms with Crippen LogP contribution in [0.4, 0.5) is 0 Å². The summed E-state index contributed by atoms with van der Waals surface area (Å²) in [6.45, 7) is 2.03. The molecule has 1 N–H and O–H groups in total. The molecule has 1 nitrogen and oxygen atoms in total. The van der Waals surface area contributed by atoms with Crippen LogP contribution < -0.4 is 0 Å². The van der Waals surface area contributed by atoms with Crippen LogP contribution in [0.25, 0.3) is 5.57 Å². The molecular weight excluding hydrogens is 160 g/mol. The first-order chi connectivity index (χ1) is 6.27. The lowest BCUT2D eigenvalue weighted by atomic mass is 10.0. The van der Waals surface area contributed by atoms with Crippen molar-refractivity contribution in [2.24, 2.45) is 0 Å². The third kappa shape index (κ3) is 2.38. The van der Waals surface area contributed by atoms with E-state index in [1.807, 2.05) is 19.1 Å². The van der Waals surface area contributed by atoms with E-state index in [1.54, 1.807) is 18.2 Å². The van der Waals surface area contributed by atoms with Crippen molar-refractivity contribution in [2.75, 3.05) is 0 Å². The van der Waals surface area contributed by atoms with Crippen LogP contribution in [0.2, 0.25) is 0 Å². The molecular formula is C12H12O. The lowest BCUT2D eigenvalue weighted by molar-refractivity contribution is 0.475. The number of hydrogen-bond donors (Lipinski definition) is 1. The van der Waals surface area contributed by atoms with Gasteiger partial charge in [0.15, 0.2) is 0 Å². The summed E-state index contributed by atoms with van der Waals surface area (Å²) < 4.78 is 0. The summed E-state index contributed by atoms with van der Waals surface area (Å²) in [7, 11) is 0. The van der Waals surface area contributed by atoms with Crippen LogP contribution in [-0.2, 0) is 0 Å². The topological polar surface area (TPSA) is 20.2 Å². The van der Waals surface area contributed by atoms with Crippen LogP contribution in [-0.4, -0.2) is 5.11 Å². The van der Waals surface area contributed by atoms with Crippen LogP contribution in [0.3, 0.4) is 0 Å². The Labute approximate surface area is 78.7 Å². The van der Waals surface area contributed by atoms with Gasteiger partial charge in [0.05, 0.1) is 0 Å². The summed E-state index contributed by atoms with van der Waals surface area (Å²) >= 11 is 0. The van der Waals surface area contributed by atoms with E-state index in [0.29, 0.717) is 0 Å². The maximum absolute atomic E-state index is 9.25. The fraction of sp³-hybridized carbons (Fsp3) is 0.167. The normalized spacial score (nSPS) is 10.9. The van der Waals surface area contributed by atoms with Crippen molar-refractivity contribution < 1.29 is 5.11 Å². The van der Waals surface area contributed by atoms with Gasteiger partial charge >= 0.3 is 0 Å². The molecule has 0 saturated carbocycles. The third-order valence-corrected chi connectivity index (χ3v) is 1.86. The summed E-state index contributed by atoms with van der Waals surface area (Å²) in [5, 5.41) is 9.25. The highest BCUT2D eigenvalue weighted by atomic mass is 16.3. The highest BCUT2D eigenvalue weighted by molar-refractivity contribution is 5.68. The minimum atomic E-state index is 0.272. The molecule has 0 heterocycles. The first-order valence-corrected chi connectivity index (χ1v) is 4.22. The number of benzene rings is 1. The molecule has 0 aromatic heterocycles. The Balaban J connectivity index is 3.07. The Morgan fingerprint density at radius 2 is 2.38 bits per heavy atom. The van der Waals surface area contributed by atoms with Crippen LogP contribution in [0.5, 0.6) is 5.75 Å². The van der Waals surface area contributed by atoms with E-state index in [-0.39, 0.29) is 5.75 Å². The van der Waals surface area contributed by atoms with Gasteiger partial charge in [-0.15, -0.1) is 6.42 Å². The number of aromatic hydroxyl groups is 1. The zero-order valence-corrected chi connectivity index (χ0v) is 7.62. The number of phenols is 1. The van der Waals surface area contributed by atoms with Gasteiger partial charge in [-0.05, 0) is 35.8 Å². The van der Waals surface area contributed by atoms with Gasteiger partial charge in [-0.25, -0.2) is 0 Å². The molecule has 0 fully saturated rings. The van der Waals surface area contributed by atoms with Gasteiger partial charge in [-0.1, -0.05) is 25.0 Å². The van der Waals surface area contributed by atoms with Crippen molar-refractivity contribution in [3.05, 3.63) is 35.9 Å². The van der Waals surface area contributed by atoms with Gasteiger partial charge < -0.3 is 5.11 Å². The van der Waals surface area contributed by atoms with E-state index in [4.69, 9.17) is 6.42 Å². The van der Waals surface area contributed by atoms with E-state index in [1.165, 1.54) is 0 Å². The quantitative estimate of drug-likeness (QED) is 0.680. The lowest BCUT2D eigenvalue weighted by Gasteiger charge is -2.03. The Bertz CT molecular complexity index is 356. The molecule has 0 spiro atoms. The second-order valence-corrected chi connectivity index (χ2v) is 2.74. The highest BCUT2D eigenvalue weighted by Gasteiger charge is 1.98. The standard InChI is InChI=1S/C12H12O/c1-3-6-10(4-2)11-7-5-8-12(13)9-11/h1,5-9,13H,4H2,2H3/b10-6+. The smallest absolute Gasteiger partial charge is 0.116 e. The van der Waals surface area contributed by atoms with Gasteiger partial charge in [0.1, 0.15) is 5.75 Å². The molecule has 1 heteroatoms. The van der Waals surface area contributed by atoms with Gasteiger partial charge in [-0.3, -0.25) is 0 Å². The van der Waals surface area contributed by atoms with E-state index in [2.05, 4.69) is 5.92 Å². The molecule has 1 aromatic rings. The second-order valence-electron chi connectivity index (χ2n) is 2.74. The van der Waals surface area contributed by atoms with Gasteiger partial charge in [0, 0.05) is 0 Å². The van der Waals surface area contributed by atoms with Crippen LogP contribution >= 0.6 is 0 Å². The largest absolute Gasteiger partial charge is 0.508 e. The average Bonchev–Trinajstić information content (AvgIpc) is 2.14. The molecule has 13 heavy (non-hydrogen) atoms. The molecule has 66 valence electrons. The lowest BCUT2D eigenvalue weighted by Crippen LogP contribution is -1.81. The van der Waals surface area contributed by atoms with Crippen LogP contribution in [0, 0.1) is 12.3 Å². The van der Waals surface area contributed by atoms with Crippen molar-refractivity contribution >= 4 is 5.57 Å². The second kappa shape index (κ2) is 4.37. The fourth-order valence-corrected chi connectivity index (χ4v) is 1.20. The van der Waals surface area contributed by atoms with E-state index < -0.39 is 0 Å². The maximum Gasteiger partial charge on any atom is 0.116 e. The predicted octanol–water partition coefficient (Wildman–Crippen LogP) is 2.82. The number of allylic oxidation sites excluding steroid dienone is 2. The summed E-state index contributed by atoms with van der Waals surface area (Å²) in [5.41, 5.74) is 2.05. The Morgan fingerprint density at radius 3 is 2.92 bits per heavy atom. The Hall–Kier alpha value is -1.68. The number of terminal acetylenes is 1. The summed E-state index contributed by atoms with van der Waals surface area (Å²) in [5.74, 6) is 2.77. The van der Waals surface area contributed by atoms with E-state index >= 15 is 0 Å². The first kappa shape index (κ1) is 9.41. The highest BCUT2D eigenvalue weighted by Crippen LogP contribution is 2.21. The zero-order valence-electron chi connectivity index (χ0n) is 7.62.